The maximum Gasteiger partial charge on any atom is 0.238 e. The van der Waals surface area contributed by atoms with E-state index in [1.807, 2.05) is 24.3 Å². The molecule has 0 aromatic heterocycles. The van der Waals surface area contributed by atoms with Crippen LogP contribution in [0, 0.1) is 13.8 Å². The molecule has 0 fully saturated rings. The standard InChI is InChI=1S/C19H23N3O2S/c1-13-4-5-14(2)17(10-13)25-16-8-6-15(7-9-16)22-19(24)12-21-11-18(23)20-3/h4-10,21H,11-12H2,1-3H3,(H,20,23)(H,22,24). The van der Waals surface area contributed by atoms with Gasteiger partial charge in [0, 0.05) is 22.5 Å². The van der Waals surface area contributed by atoms with Gasteiger partial charge in [-0.15, -0.1) is 0 Å². The molecular weight excluding hydrogens is 334 g/mol. The zero-order valence-corrected chi connectivity index (χ0v) is 15.5. The fourth-order valence-corrected chi connectivity index (χ4v) is 3.13. The van der Waals surface area contributed by atoms with Crippen molar-refractivity contribution in [3.05, 3.63) is 53.6 Å². The Hall–Kier alpha value is -2.31. The Kier molecular flexibility index (Phi) is 7.03. The van der Waals surface area contributed by atoms with Gasteiger partial charge in [0.2, 0.25) is 11.8 Å². The first-order valence-electron chi connectivity index (χ1n) is 8.04. The molecule has 6 heteroatoms. The van der Waals surface area contributed by atoms with E-state index in [1.54, 1.807) is 18.8 Å². The topological polar surface area (TPSA) is 70.2 Å². The van der Waals surface area contributed by atoms with E-state index in [0.717, 1.165) is 10.6 Å². The highest BCUT2D eigenvalue weighted by Gasteiger charge is 2.05. The lowest BCUT2D eigenvalue weighted by atomic mass is 10.2. The first-order chi connectivity index (χ1) is 12.0. The fourth-order valence-electron chi connectivity index (χ4n) is 2.13. The van der Waals surface area contributed by atoms with Crippen molar-refractivity contribution >= 4 is 29.3 Å². The van der Waals surface area contributed by atoms with E-state index in [2.05, 4.69) is 48.0 Å². The van der Waals surface area contributed by atoms with Crippen LogP contribution >= 0.6 is 11.8 Å². The van der Waals surface area contributed by atoms with Gasteiger partial charge in [-0.25, -0.2) is 0 Å². The number of carbonyl (C=O) groups is 2. The minimum Gasteiger partial charge on any atom is -0.358 e. The average Bonchev–Trinajstić information content (AvgIpc) is 2.59. The number of amides is 2. The number of nitrogens with one attached hydrogen (secondary N) is 3. The largest absolute Gasteiger partial charge is 0.358 e. The van der Waals surface area contributed by atoms with Crippen molar-refractivity contribution in [2.75, 3.05) is 25.5 Å². The average molecular weight is 357 g/mol. The Morgan fingerprint density at radius 1 is 0.960 bits per heavy atom. The van der Waals surface area contributed by atoms with Crippen molar-refractivity contribution in [3.8, 4) is 0 Å². The number of hydrogen-bond acceptors (Lipinski definition) is 4. The normalized spacial score (nSPS) is 10.4. The Balaban J connectivity index is 1.88. The monoisotopic (exact) mass is 357 g/mol. The van der Waals surface area contributed by atoms with Crippen molar-refractivity contribution in [1.29, 1.82) is 0 Å². The molecule has 25 heavy (non-hydrogen) atoms. The predicted octanol–water partition coefficient (Wildman–Crippen LogP) is 2.73. The molecule has 2 aromatic carbocycles. The molecule has 0 aliphatic rings. The molecule has 0 bridgehead atoms. The van der Waals surface area contributed by atoms with Crippen molar-refractivity contribution in [2.45, 2.75) is 23.6 Å². The molecule has 0 atom stereocenters. The van der Waals surface area contributed by atoms with Gasteiger partial charge in [-0.05, 0) is 55.3 Å². The van der Waals surface area contributed by atoms with Gasteiger partial charge in [0.1, 0.15) is 0 Å². The van der Waals surface area contributed by atoms with Gasteiger partial charge in [-0.1, -0.05) is 23.9 Å². The summed E-state index contributed by atoms with van der Waals surface area (Å²) < 4.78 is 0. The molecule has 0 aliphatic heterocycles. The molecule has 2 amide bonds. The number of anilines is 1. The second-order valence-electron chi connectivity index (χ2n) is 5.72. The highest BCUT2D eigenvalue weighted by molar-refractivity contribution is 7.99. The van der Waals surface area contributed by atoms with Crippen molar-refractivity contribution in [2.24, 2.45) is 0 Å². The summed E-state index contributed by atoms with van der Waals surface area (Å²) in [5.74, 6) is -0.334. The highest BCUT2D eigenvalue weighted by atomic mass is 32.2. The molecule has 0 saturated carbocycles. The lowest BCUT2D eigenvalue weighted by Crippen LogP contribution is -2.36. The second-order valence-corrected chi connectivity index (χ2v) is 6.84. The predicted molar refractivity (Wildman–Crippen MR) is 102 cm³/mol. The molecule has 0 aliphatic carbocycles. The van der Waals surface area contributed by atoms with E-state index < -0.39 is 0 Å². The molecule has 0 heterocycles. The Morgan fingerprint density at radius 3 is 2.32 bits per heavy atom. The lowest BCUT2D eigenvalue weighted by molar-refractivity contribution is -0.119. The molecule has 0 unspecified atom stereocenters. The van der Waals surface area contributed by atoms with Crippen molar-refractivity contribution in [1.82, 2.24) is 10.6 Å². The number of hydrogen-bond donors (Lipinski definition) is 3. The molecule has 0 spiro atoms. The van der Waals surface area contributed by atoms with Crippen LogP contribution < -0.4 is 16.0 Å². The van der Waals surface area contributed by atoms with Gasteiger partial charge >= 0.3 is 0 Å². The zero-order valence-electron chi connectivity index (χ0n) is 14.7. The Morgan fingerprint density at radius 2 is 1.64 bits per heavy atom. The van der Waals surface area contributed by atoms with Crippen LogP contribution in [0.15, 0.2) is 52.3 Å². The summed E-state index contributed by atoms with van der Waals surface area (Å²) in [5.41, 5.74) is 3.22. The summed E-state index contributed by atoms with van der Waals surface area (Å²) >= 11 is 1.71. The first kappa shape index (κ1) is 19.0. The summed E-state index contributed by atoms with van der Waals surface area (Å²) in [6.45, 7) is 4.39. The number of rotatable bonds is 7. The summed E-state index contributed by atoms with van der Waals surface area (Å²) in [7, 11) is 1.56. The van der Waals surface area contributed by atoms with Gasteiger partial charge in [0.05, 0.1) is 13.1 Å². The third-order valence-electron chi connectivity index (χ3n) is 3.56. The fraction of sp³-hybridized carbons (Fsp3) is 0.263. The van der Waals surface area contributed by atoms with E-state index in [0.29, 0.717) is 0 Å². The third-order valence-corrected chi connectivity index (χ3v) is 4.73. The van der Waals surface area contributed by atoms with E-state index in [-0.39, 0.29) is 24.9 Å². The van der Waals surface area contributed by atoms with Crippen LogP contribution in [0.1, 0.15) is 11.1 Å². The quantitative estimate of drug-likeness (QED) is 0.713. The smallest absolute Gasteiger partial charge is 0.238 e. The van der Waals surface area contributed by atoms with Gasteiger partial charge in [0.15, 0.2) is 0 Å². The minimum absolute atomic E-state index is 0.0897. The molecule has 132 valence electrons. The number of carbonyl (C=O) groups excluding carboxylic acids is 2. The summed E-state index contributed by atoms with van der Waals surface area (Å²) in [6, 6.07) is 14.1. The second kappa shape index (κ2) is 9.25. The van der Waals surface area contributed by atoms with E-state index >= 15 is 0 Å². The van der Waals surface area contributed by atoms with E-state index in [9.17, 15) is 9.59 Å². The van der Waals surface area contributed by atoms with Gasteiger partial charge in [0.25, 0.3) is 0 Å². The Bertz CT molecular complexity index is 745. The third kappa shape index (κ3) is 6.25. The minimum atomic E-state index is -0.182. The number of aryl methyl sites for hydroxylation is 2. The summed E-state index contributed by atoms with van der Waals surface area (Å²) in [6.07, 6.45) is 0. The summed E-state index contributed by atoms with van der Waals surface area (Å²) in [5, 5.41) is 8.07. The first-order valence-corrected chi connectivity index (χ1v) is 8.86. The molecular formula is C19H23N3O2S. The van der Waals surface area contributed by atoms with E-state index in [1.165, 1.54) is 16.0 Å². The van der Waals surface area contributed by atoms with Crippen LogP contribution in [0.25, 0.3) is 0 Å². The molecule has 2 aromatic rings. The van der Waals surface area contributed by atoms with Crippen molar-refractivity contribution in [3.63, 3.8) is 0 Å². The number of benzene rings is 2. The van der Waals surface area contributed by atoms with Gasteiger partial charge < -0.3 is 10.6 Å². The zero-order chi connectivity index (χ0) is 18.2. The van der Waals surface area contributed by atoms with Crippen LogP contribution in [-0.2, 0) is 9.59 Å². The molecule has 0 saturated heterocycles. The van der Waals surface area contributed by atoms with Gasteiger partial charge in [-0.2, -0.15) is 0 Å². The molecule has 2 rings (SSSR count). The van der Waals surface area contributed by atoms with Crippen LogP contribution in [-0.4, -0.2) is 32.0 Å². The summed E-state index contributed by atoms with van der Waals surface area (Å²) in [4.78, 5) is 25.3. The van der Waals surface area contributed by atoms with E-state index in [4.69, 9.17) is 0 Å². The molecule has 3 N–H and O–H groups in total. The molecule has 0 radical (unpaired) electrons. The van der Waals surface area contributed by atoms with Crippen LogP contribution in [0.3, 0.4) is 0 Å². The molecule has 5 nitrogen and oxygen atoms in total. The van der Waals surface area contributed by atoms with Crippen LogP contribution in [0.2, 0.25) is 0 Å². The SMILES string of the molecule is CNC(=O)CNCC(=O)Nc1ccc(Sc2cc(C)ccc2C)cc1. The lowest BCUT2D eigenvalue weighted by Gasteiger charge is -2.09. The maximum atomic E-state index is 11.8. The highest BCUT2D eigenvalue weighted by Crippen LogP contribution is 2.31. The maximum absolute atomic E-state index is 11.8. The Labute approximate surface area is 152 Å². The van der Waals surface area contributed by atoms with Crippen LogP contribution in [0.5, 0.6) is 0 Å². The van der Waals surface area contributed by atoms with Gasteiger partial charge in [-0.3, -0.25) is 14.9 Å². The van der Waals surface area contributed by atoms with Crippen molar-refractivity contribution < 1.29 is 9.59 Å². The number of likely N-dealkylation sites (N-methyl/N-ethyl adjacent to an activating group) is 1. The van der Waals surface area contributed by atoms with Crippen LogP contribution in [0.4, 0.5) is 5.69 Å².